The third-order valence-electron chi connectivity index (χ3n) is 3.13. The number of carbonyl (C=O) groups is 1. The molecule has 2 rings (SSSR count). The highest BCUT2D eigenvalue weighted by molar-refractivity contribution is 5.79. The summed E-state index contributed by atoms with van der Waals surface area (Å²) in [6, 6.07) is 6.71. The number of primary amides is 1. The van der Waals surface area contributed by atoms with E-state index in [2.05, 4.69) is 9.97 Å². The maximum absolute atomic E-state index is 11.9. The number of amides is 1. The van der Waals surface area contributed by atoms with Gasteiger partial charge in [0.25, 0.3) is 5.56 Å². The van der Waals surface area contributed by atoms with Crippen LogP contribution in [0.4, 0.5) is 0 Å². The van der Waals surface area contributed by atoms with Gasteiger partial charge < -0.3 is 10.7 Å². The number of para-hydroxylation sites is 1. The molecule has 0 unspecified atom stereocenters. The van der Waals surface area contributed by atoms with E-state index in [1.165, 1.54) is 0 Å². The average Bonchev–Trinajstić information content (AvgIpc) is 2.37. The number of nitrogens with zero attached hydrogens (tertiary/aromatic N) is 2. The molecule has 0 fully saturated rings. The minimum atomic E-state index is -0.420. The molecule has 0 radical (unpaired) electrons. The number of hydrogen-bond donors (Lipinski definition) is 2. The van der Waals surface area contributed by atoms with Crippen LogP contribution in [0.5, 0.6) is 0 Å². The van der Waals surface area contributed by atoms with Crippen LogP contribution in [-0.2, 0) is 11.3 Å². The highest BCUT2D eigenvalue weighted by Crippen LogP contribution is 2.07. The first-order chi connectivity index (χ1) is 8.99. The van der Waals surface area contributed by atoms with Crippen molar-refractivity contribution in [3.05, 3.63) is 40.4 Å². The quantitative estimate of drug-likeness (QED) is 0.823. The lowest BCUT2D eigenvalue weighted by Gasteiger charge is -2.21. The molecule has 1 atom stereocenters. The highest BCUT2D eigenvalue weighted by atomic mass is 16.1. The topological polar surface area (TPSA) is 92.1 Å². The zero-order valence-corrected chi connectivity index (χ0v) is 10.9. The van der Waals surface area contributed by atoms with Crippen LogP contribution < -0.4 is 11.3 Å². The second-order valence-electron chi connectivity index (χ2n) is 4.52. The molecule has 0 saturated heterocycles. The van der Waals surface area contributed by atoms with Crippen LogP contribution in [0.1, 0.15) is 12.7 Å². The van der Waals surface area contributed by atoms with Crippen molar-refractivity contribution < 1.29 is 4.79 Å². The Bertz CT molecular complexity index is 665. The van der Waals surface area contributed by atoms with Gasteiger partial charge in [0.15, 0.2) is 0 Å². The van der Waals surface area contributed by atoms with Crippen molar-refractivity contribution in [1.29, 1.82) is 0 Å². The summed E-state index contributed by atoms with van der Waals surface area (Å²) >= 11 is 0. The Labute approximate surface area is 110 Å². The Kier molecular flexibility index (Phi) is 3.62. The number of aromatic nitrogens is 2. The molecule has 0 spiro atoms. The monoisotopic (exact) mass is 260 g/mol. The molecule has 0 bridgehead atoms. The average molecular weight is 260 g/mol. The molecule has 3 N–H and O–H groups in total. The molecular formula is C13H16N4O2. The van der Waals surface area contributed by atoms with Crippen LogP contribution >= 0.6 is 0 Å². The molecule has 1 aromatic carbocycles. The molecule has 1 heterocycles. The van der Waals surface area contributed by atoms with Gasteiger partial charge in [0.05, 0.1) is 23.5 Å². The molecule has 0 aliphatic heterocycles. The Balaban J connectivity index is 2.32. The summed E-state index contributed by atoms with van der Waals surface area (Å²) < 4.78 is 0. The van der Waals surface area contributed by atoms with Crippen molar-refractivity contribution in [2.24, 2.45) is 5.73 Å². The third kappa shape index (κ3) is 2.79. The highest BCUT2D eigenvalue weighted by Gasteiger charge is 2.16. The number of H-pyrrole nitrogens is 1. The second kappa shape index (κ2) is 5.19. The molecule has 0 saturated carbocycles. The van der Waals surface area contributed by atoms with Crippen LogP contribution in [0, 0.1) is 0 Å². The molecule has 100 valence electrons. The Morgan fingerprint density at radius 2 is 2.16 bits per heavy atom. The number of rotatable bonds is 4. The van der Waals surface area contributed by atoms with E-state index in [0.717, 1.165) is 0 Å². The van der Waals surface area contributed by atoms with Crippen LogP contribution in [0.3, 0.4) is 0 Å². The molecule has 1 aromatic heterocycles. The molecule has 0 aliphatic carbocycles. The lowest BCUT2D eigenvalue weighted by atomic mass is 10.2. The zero-order valence-electron chi connectivity index (χ0n) is 10.9. The van der Waals surface area contributed by atoms with Gasteiger partial charge in [-0.2, -0.15) is 0 Å². The van der Waals surface area contributed by atoms with E-state index in [9.17, 15) is 9.59 Å². The third-order valence-corrected chi connectivity index (χ3v) is 3.13. The van der Waals surface area contributed by atoms with E-state index >= 15 is 0 Å². The number of hydrogen-bond acceptors (Lipinski definition) is 4. The van der Waals surface area contributed by atoms with Gasteiger partial charge >= 0.3 is 0 Å². The van der Waals surface area contributed by atoms with E-state index < -0.39 is 11.9 Å². The van der Waals surface area contributed by atoms with Gasteiger partial charge in [0.1, 0.15) is 5.82 Å². The number of nitrogens with two attached hydrogens (primary N) is 1. The number of nitrogens with one attached hydrogen (secondary N) is 1. The van der Waals surface area contributed by atoms with Crippen molar-refractivity contribution in [2.45, 2.75) is 19.5 Å². The number of fused-ring (bicyclic) bond motifs is 1. The van der Waals surface area contributed by atoms with Gasteiger partial charge in [0, 0.05) is 0 Å². The Hall–Kier alpha value is -2.21. The number of aromatic amines is 1. The first-order valence-electron chi connectivity index (χ1n) is 5.96. The zero-order chi connectivity index (χ0) is 14.0. The number of carbonyl (C=O) groups excluding carboxylic acids is 1. The van der Waals surface area contributed by atoms with Crippen LogP contribution in [0.15, 0.2) is 29.1 Å². The van der Waals surface area contributed by atoms with E-state index in [1.807, 2.05) is 6.07 Å². The fraction of sp³-hybridized carbons (Fsp3) is 0.308. The van der Waals surface area contributed by atoms with Gasteiger partial charge in [0.2, 0.25) is 5.91 Å². The normalized spacial score (nSPS) is 12.8. The fourth-order valence-corrected chi connectivity index (χ4v) is 1.80. The van der Waals surface area contributed by atoms with E-state index in [4.69, 9.17) is 5.73 Å². The van der Waals surface area contributed by atoms with Crippen molar-refractivity contribution in [3.8, 4) is 0 Å². The van der Waals surface area contributed by atoms with Gasteiger partial charge in [-0.1, -0.05) is 12.1 Å². The van der Waals surface area contributed by atoms with Gasteiger partial charge in [-0.3, -0.25) is 14.5 Å². The predicted molar refractivity (Wildman–Crippen MR) is 72.5 cm³/mol. The van der Waals surface area contributed by atoms with E-state index in [0.29, 0.717) is 23.3 Å². The molecule has 6 nitrogen and oxygen atoms in total. The standard InChI is InChI=1S/C13H16N4O2/c1-8(12(14)18)17(2)7-11-15-10-6-4-3-5-9(10)13(19)16-11/h3-6,8H,7H2,1-2H3,(H2,14,18)(H,15,16,19)/t8-/m0/s1. The SMILES string of the molecule is C[C@@H](C(N)=O)N(C)Cc1nc2ccccc2c(=O)[nH]1. The Morgan fingerprint density at radius 3 is 2.84 bits per heavy atom. The smallest absolute Gasteiger partial charge is 0.258 e. The summed E-state index contributed by atoms with van der Waals surface area (Å²) in [6.45, 7) is 2.06. The minimum Gasteiger partial charge on any atom is -0.368 e. The van der Waals surface area contributed by atoms with Crippen LogP contribution in [0.2, 0.25) is 0 Å². The maximum Gasteiger partial charge on any atom is 0.258 e. The van der Waals surface area contributed by atoms with Crippen LogP contribution in [-0.4, -0.2) is 33.9 Å². The van der Waals surface area contributed by atoms with E-state index in [1.54, 1.807) is 37.1 Å². The summed E-state index contributed by atoms with van der Waals surface area (Å²) in [6.07, 6.45) is 0. The number of benzene rings is 1. The summed E-state index contributed by atoms with van der Waals surface area (Å²) in [7, 11) is 1.75. The summed E-state index contributed by atoms with van der Waals surface area (Å²) in [5.74, 6) is 0.102. The molecule has 1 amide bonds. The summed E-state index contributed by atoms with van der Waals surface area (Å²) in [5.41, 5.74) is 5.70. The number of likely N-dealkylation sites (N-methyl/N-ethyl adjacent to an activating group) is 1. The molecule has 0 aliphatic rings. The maximum atomic E-state index is 11.9. The molecule has 2 aromatic rings. The van der Waals surface area contributed by atoms with Gasteiger partial charge in [-0.25, -0.2) is 4.98 Å². The summed E-state index contributed by atoms with van der Waals surface area (Å²) in [4.78, 5) is 31.8. The molecule has 19 heavy (non-hydrogen) atoms. The molecule has 6 heteroatoms. The first kappa shape index (κ1) is 13.2. The minimum absolute atomic E-state index is 0.180. The van der Waals surface area contributed by atoms with Crippen LogP contribution in [0.25, 0.3) is 10.9 Å². The Morgan fingerprint density at radius 1 is 1.47 bits per heavy atom. The fourth-order valence-electron chi connectivity index (χ4n) is 1.80. The largest absolute Gasteiger partial charge is 0.368 e. The predicted octanol–water partition coefficient (Wildman–Crippen LogP) is 0.229. The van der Waals surface area contributed by atoms with Crippen molar-refractivity contribution in [1.82, 2.24) is 14.9 Å². The van der Waals surface area contributed by atoms with Crippen molar-refractivity contribution in [3.63, 3.8) is 0 Å². The van der Waals surface area contributed by atoms with Crippen molar-refractivity contribution in [2.75, 3.05) is 7.05 Å². The second-order valence-corrected chi connectivity index (χ2v) is 4.52. The van der Waals surface area contributed by atoms with E-state index in [-0.39, 0.29) is 5.56 Å². The summed E-state index contributed by atoms with van der Waals surface area (Å²) in [5, 5.41) is 0.553. The van der Waals surface area contributed by atoms with Gasteiger partial charge in [-0.15, -0.1) is 0 Å². The van der Waals surface area contributed by atoms with Gasteiger partial charge in [-0.05, 0) is 26.1 Å². The molecular weight excluding hydrogens is 244 g/mol. The lowest BCUT2D eigenvalue weighted by Crippen LogP contribution is -2.40. The lowest BCUT2D eigenvalue weighted by molar-refractivity contribution is -0.122. The first-order valence-corrected chi connectivity index (χ1v) is 5.96. The van der Waals surface area contributed by atoms with Crippen molar-refractivity contribution >= 4 is 16.8 Å².